The Morgan fingerprint density at radius 1 is 0.974 bits per heavy atom. The maximum absolute atomic E-state index is 12.1. The molecule has 39 heavy (non-hydrogen) atoms. The fraction of sp³-hybridized carbons (Fsp3) is 0.267. The lowest BCUT2D eigenvalue weighted by Gasteiger charge is -2.33. The van der Waals surface area contributed by atoms with Crippen LogP contribution >= 0.6 is 0 Å². The quantitative estimate of drug-likeness (QED) is 0.398. The molecule has 0 aliphatic carbocycles. The molecule has 198 valence electrons. The molecule has 9 nitrogen and oxygen atoms in total. The van der Waals surface area contributed by atoms with E-state index in [9.17, 15) is 14.4 Å². The molecule has 3 aromatic carbocycles. The second-order valence-corrected chi connectivity index (χ2v) is 10.3. The van der Waals surface area contributed by atoms with E-state index in [0.29, 0.717) is 30.0 Å². The van der Waals surface area contributed by atoms with E-state index in [4.69, 9.17) is 5.73 Å². The van der Waals surface area contributed by atoms with Gasteiger partial charge in [0.15, 0.2) is 0 Å². The van der Waals surface area contributed by atoms with Gasteiger partial charge in [0.1, 0.15) is 5.52 Å². The summed E-state index contributed by atoms with van der Waals surface area (Å²) in [4.78, 5) is 39.4. The van der Waals surface area contributed by atoms with E-state index in [1.807, 2.05) is 30.5 Å². The Morgan fingerprint density at radius 2 is 1.74 bits per heavy atom. The Bertz CT molecular complexity index is 1540. The molecule has 1 aromatic heterocycles. The summed E-state index contributed by atoms with van der Waals surface area (Å²) >= 11 is 0. The summed E-state index contributed by atoms with van der Waals surface area (Å²) in [7, 11) is 0. The number of nitrogens with zero attached hydrogens (tertiary/aromatic N) is 4. The van der Waals surface area contributed by atoms with Gasteiger partial charge in [0.05, 0.1) is 11.3 Å². The minimum absolute atomic E-state index is 0.226. The Kier molecular flexibility index (Phi) is 6.58. The van der Waals surface area contributed by atoms with Crippen molar-refractivity contribution in [3.63, 3.8) is 0 Å². The third-order valence-electron chi connectivity index (χ3n) is 7.64. The number of piperidine rings is 1. The predicted octanol–water partition coefficient (Wildman–Crippen LogP) is 3.95. The first kappa shape index (κ1) is 24.8. The first-order valence-corrected chi connectivity index (χ1v) is 13.3. The minimum Gasteiger partial charge on any atom is -0.366 e. The zero-order valence-electron chi connectivity index (χ0n) is 21.5. The van der Waals surface area contributed by atoms with E-state index in [1.165, 1.54) is 11.1 Å². The molecule has 2 aliphatic rings. The number of hydrogen-bond donors (Lipinski definition) is 2. The molecule has 0 bridgehead atoms. The van der Waals surface area contributed by atoms with Crippen LogP contribution in [0.4, 0.5) is 10.5 Å². The average Bonchev–Trinajstić information content (AvgIpc) is 3.38. The van der Waals surface area contributed by atoms with E-state index in [2.05, 4.69) is 51.7 Å². The van der Waals surface area contributed by atoms with Crippen molar-refractivity contribution in [2.75, 3.05) is 24.5 Å². The Hall–Kier alpha value is -4.50. The summed E-state index contributed by atoms with van der Waals surface area (Å²) in [6.45, 7) is 3.28. The van der Waals surface area contributed by atoms with Gasteiger partial charge in [-0.1, -0.05) is 36.4 Å². The fourth-order valence-electron chi connectivity index (χ4n) is 5.60. The third kappa shape index (κ3) is 5.13. The molecule has 0 radical (unpaired) electrons. The number of fused-ring (bicyclic) bond motifs is 1. The van der Waals surface area contributed by atoms with E-state index >= 15 is 0 Å². The normalized spacial score (nSPS) is 18.4. The molecule has 2 saturated heterocycles. The monoisotopic (exact) mass is 522 g/mol. The number of amides is 4. The summed E-state index contributed by atoms with van der Waals surface area (Å²) in [5, 5.41) is 7.86. The van der Waals surface area contributed by atoms with Gasteiger partial charge in [-0.15, -0.1) is 0 Å². The molecule has 1 atom stereocenters. The number of urea groups is 1. The molecule has 0 unspecified atom stereocenters. The summed E-state index contributed by atoms with van der Waals surface area (Å²) in [5.74, 6) is -0.262. The van der Waals surface area contributed by atoms with Gasteiger partial charge in [-0.3, -0.25) is 24.7 Å². The number of carbonyl (C=O) groups excluding carboxylic acids is 3. The molecular weight excluding hydrogens is 492 g/mol. The summed E-state index contributed by atoms with van der Waals surface area (Å²) in [5.41, 5.74) is 10.8. The number of carbonyl (C=O) groups is 3. The zero-order chi connectivity index (χ0) is 26.9. The third-order valence-corrected chi connectivity index (χ3v) is 7.64. The van der Waals surface area contributed by atoms with Crippen LogP contribution < -0.4 is 16.0 Å². The Labute approximate surface area is 226 Å². The van der Waals surface area contributed by atoms with Gasteiger partial charge in [-0.25, -0.2) is 9.48 Å². The fourth-order valence-corrected chi connectivity index (χ4v) is 5.60. The number of rotatable bonds is 6. The van der Waals surface area contributed by atoms with E-state index in [0.717, 1.165) is 49.2 Å². The van der Waals surface area contributed by atoms with Crippen LogP contribution in [0.25, 0.3) is 16.6 Å². The lowest BCUT2D eigenvalue weighted by molar-refractivity contribution is -0.120. The number of nitrogens with one attached hydrogen (secondary N) is 1. The predicted molar refractivity (Wildman–Crippen MR) is 149 cm³/mol. The number of aromatic nitrogens is 2. The van der Waals surface area contributed by atoms with Crippen molar-refractivity contribution in [1.29, 1.82) is 0 Å². The number of nitrogens with two attached hydrogens (primary N) is 1. The standard InChI is InChI=1S/C30H30N6O3/c31-29(38)26-5-1-3-23-19-36(33-28(23)26)25-12-8-21(9-13-25)22-4-2-15-34(18-22)17-20-6-10-24(11-7-20)35-16-14-27(37)32-30(35)39/h1,3,5-13,19,22H,2,4,14-18H2,(H2,31,38)(H,32,37,39)/t22-/m1/s1. The average molecular weight is 523 g/mol. The van der Waals surface area contributed by atoms with Gasteiger partial charge in [-0.05, 0) is 66.8 Å². The van der Waals surface area contributed by atoms with Crippen molar-refractivity contribution in [2.24, 2.45) is 5.73 Å². The molecule has 6 rings (SSSR count). The number of anilines is 1. The van der Waals surface area contributed by atoms with Crippen LogP contribution in [-0.2, 0) is 11.3 Å². The molecule has 4 aromatic rings. The van der Waals surface area contributed by atoms with E-state index in [1.54, 1.807) is 15.6 Å². The second kappa shape index (κ2) is 10.3. The highest BCUT2D eigenvalue weighted by atomic mass is 16.2. The highest BCUT2D eigenvalue weighted by molar-refractivity contribution is 6.05. The van der Waals surface area contributed by atoms with Crippen LogP contribution in [0.15, 0.2) is 72.9 Å². The second-order valence-electron chi connectivity index (χ2n) is 10.3. The molecule has 2 aliphatic heterocycles. The number of benzene rings is 3. The largest absolute Gasteiger partial charge is 0.366 e. The highest BCUT2D eigenvalue weighted by Gasteiger charge is 2.25. The Morgan fingerprint density at radius 3 is 2.49 bits per heavy atom. The van der Waals surface area contributed by atoms with Crippen molar-refractivity contribution in [2.45, 2.75) is 31.7 Å². The summed E-state index contributed by atoms with van der Waals surface area (Å²) in [6, 6.07) is 21.6. The first-order chi connectivity index (χ1) is 18.9. The van der Waals surface area contributed by atoms with E-state index < -0.39 is 5.91 Å². The lowest BCUT2D eigenvalue weighted by atomic mass is 9.90. The molecule has 4 amide bonds. The van der Waals surface area contributed by atoms with Crippen molar-refractivity contribution in [3.8, 4) is 5.69 Å². The maximum Gasteiger partial charge on any atom is 0.328 e. The molecule has 0 saturated carbocycles. The molecule has 2 fully saturated rings. The Balaban J connectivity index is 1.11. The molecule has 0 spiro atoms. The van der Waals surface area contributed by atoms with Crippen LogP contribution in [0.5, 0.6) is 0 Å². The topological polar surface area (TPSA) is 114 Å². The molecule has 3 heterocycles. The number of likely N-dealkylation sites (tertiary alicyclic amines) is 1. The van der Waals surface area contributed by atoms with Gasteiger partial charge >= 0.3 is 6.03 Å². The van der Waals surface area contributed by atoms with Gasteiger partial charge in [0.2, 0.25) is 5.91 Å². The lowest BCUT2D eigenvalue weighted by Crippen LogP contribution is -2.49. The summed E-state index contributed by atoms with van der Waals surface area (Å²) in [6.07, 6.45) is 4.51. The summed E-state index contributed by atoms with van der Waals surface area (Å²) < 4.78 is 1.79. The van der Waals surface area contributed by atoms with Crippen molar-refractivity contribution in [1.82, 2.24) is 20.0 Å². The van der Waals surface area contributed by atoms with Crippen LogP contribution in [0.2, 0.25) is 0 Å². The molecular formula is C30H30N6O3. The van der Waals surface area contributed by atoms with Gasteiger partial charge in [-0.2, -0.15) is 5.10 Å². The zero-order valence-corrected chi connectivity index (χ0v) is 21.5. The van der Waals surface area contributed by atoms with Crippen LogP contribution in [0.3, 0.4) is 0 Å². The van der Waals surface area contributed by atoms with Crippen molar-refractivity contribution < 1.29 is 14.4 Å². The van der Waals surface area contributed by atoms with Gasteiger partial charge in [0, 0.05) is 43.3 Å². The van der Waals surface area contributed by atoms with Gasteiger partial charge in [0.25, 0.3) is 5.91 Å². The SMILES string of the molecule is NC(=O)c1cccc2cn(-c3ccc([C@@H]4CCCN(Cc5ccc(N6CCC(=O)NC6=O)cc5)C4)cc3)nc12. The maximum atomic E-state index is 12.1. The smallest absolute Gasteiger partial charge is 0.328 e. The highest BCUT2D eigenvalue weighted by Crippen LogP contribution is 2.29. The van der Waals surface area contributed by atoms with Crippen LogP contribution in [0.1, 0.15) is 46.7 Å². The van der Waals surface area contributed by atoms with Crippen LogP contribution in [-0.4, -0.2) is 52.2 Å². The first-order valence-electron chi connectivity index (χ1n) is 13.3. The number of hydrogen-bond acceptors (Lipinski definition) is 5. The van der Waals surface area contributed by atoms with Gasteiger partial charge < -0.3 is 5.73 Å². The number of imide groups is 1. The minimum atomic E-state index is -0.480. The van der Waals surface area contributed by atoms with Crippen LogP contribution in [0, 0.1) is 0 Å². The number of primary amides is 1. The molecule has 9 heteroatoms. The van der Waals surface area contributed by atoms with Crippen molar-refractivity contribution in [3.05, 3.63) is 89.6 Å². The molecule has 3 N–H and O–H groups in total. The van der Waals surface area contributed by atoms with Crippen molar-refractivity contribution >= 4 is 34.4 Å². The van der Waals surface area contributed by atoms with E-state index in [-0.39, 0.29) is 11.9 Å².